The van der Waals surface area contributed by atoms with Crippen LogP contribution in [0.1, 0.15) is 6.92 Å². The van der Waals surface area contributed by atoms with Gasteiger partial charge in [-0.05, 0) is 0 Å². The highest BCUT2D eigenvalue weighted by molar-refractivity contribution is 8.20. The molecule has 0 aliphatic carbocycles. The molecule has 0 fully saturated rings. The normalized spacial score (nSPS) is 11.8. The van der Waals surface area contributed by atoms with Crippen LogP contribution in [-0.2, 0) is 9.59 Å². The van der Waals surface area contributed by atoms with Gasteiger partial charge < -0.3 is 10.4 Å². The van der Waals surface area contributed by atoms with Gasteiger partial charge in [-0.1, -0.05) is 12.2 Å². The molecule has 0 aliphatic rings. The molecule has 68 valence electrons. The molecule has 0 radical (unpaired) electrons. The van der Waals surface area contributed by atoms with Crippen molar-refractivity contribution in [2.75, 3.05) is 5.75 Å². The van der Waals surface area contributed by atoms with Crippen molar-refractivity contribution in [1.29, 1.82) is 0 Å². The SMILES string of the molecule is CC(=O)N[C@@H](CSC=S)C(=O)O. The smallest absolute Gasteiger partial charge is 0.327 e. The van der Waals surface area contributed by atoms with E-state index in [2.05, 4.69) is 17.5 Å². The molecule has 0 unspecified atom stereocenters. The molecule has 0 saturated heterocycles. The lowest BCUT2D eigenvalue weighted by molar-refractivity contribution is -0.140. The second-order valence-electron chi connectivity index (χ2n) is 2.02. The predicted molar refractivity (Wildman–Crippen MR) is 51.4 cm³/mol. The molecule has 4 nitrogen and oxygen atoms in total. The number of amides is 1. The lowest BCUT2D eigenvalue weighted by atomic mass is 10.3. The van der Waals surface area contributed by atoms with Gasteiger partial charge in [-0.3, -0.25) is 4.79 Å². The molecule has 1 amide bonds. The second kappa shape index (κ2) is 5.96. The number of aliphatic carboxylic acids is 1. The number of thiocarbonyl (C=S) groups is 1. The minimum absolute atomic E-state index is 0.262. The molecule has 6 heteroatoms. The molecule has 0 aromatic rings. The molecular weight excluding hydrogens is 198 g/mol. The van der Waals surface area contributed by atoms with Crippen LogP contribution in [0, 0.1) is 0 Å². The van der Waals surface area contributed by atoms with Crippen molar-refractivity contribution < 1.29 is 14.7 Å². The van der Waals surface area contributed by atoms with Gasteiger partial charge in [-0.2, -0.15) is 0 Å². The van der Waals surface area contributed by atoms with Crippen molar-refractivity contribution >= 4 is 40.6 Å². The van der Waals surface area contributed by atoms with Crippen molar-refractivity contribution in [1.82, 2.24) is 5.32 Å². The van der Waals surface area contributed by atoms with Crippen molar-refractivity contribution in [3.8, 4) is 0 Å². The zero-order valence-corrected chi connectivity index (χ0v) is 8.08. The van der Waals surface area contributed by atoms with Crippen LogP contribution in [0.2, 0.25) is 0 Å². The van der Waals surface area contributed by atoms with E-state index in [1.54, 1.807) is 0 Å². The minimum atomic E-state index is -1.05. The van der Waals surface area contributed by atoms with E-state index < -0.39 is 12.0 Å². The Morgan fingerprint density at radius 1 is 1.75 bits per heavy atom. The van der Waals surface area contributed by atoms with E-state index >= 15 is 0 Å². The highest BCUT2D eigenvalue weighted by Gasteiger charge is 2.17. The number of nitrogens with one attached hydrogen (secondary N) is 1. The first-order chi connectivity index (χ1) is 5.57. The molecule has 1 atom stereocenters. The van der Waals surface area contributed by atoms with Crippen LogP contribution in [0.15, 0.2) is 0 Å². The summed E-state index contributed by atoms with van der Waals surface area (Å²) in [5, 5.41) is 10.9. The van der Waals surface area contributed by atoms with Gasteiger partial charge in [0.2, 0.25) is 5.91 Å². The van der Waals surface area contributed by atoms with Crippen molar-refractivity contribution in [2.45, 2.75) is 13.0 Å². The summed E-state index contributed by atoms with van der Waals surface area (Å²) < 4.78 is 1.37. The summed E-state index contributed by atoms with van der Waals surface area (Å²) in [6.07, 6.45) is 0. The summed E-state index contributed by atoms with van der Waals surface area (Å²) in [5.74, 6) is -1.14. The van der Waals surface area contributed by atoms with E-state index in [-0.39, 0.29) is 11.7 Å². The Morgan fingerprint density at radius 2 is 2.33 bits per heavy atom. The van der Waals surface area contributed by atoms with Crippen LogP contribution in [0.3, 0.4) is 0 Å². The van der Waals surface area contributed by atoms with Crippen molar-refractivity contribution in [2.24, 2.45) is 0 Å². The first-order valence-electron chi connectivity index (χ1n) is 3.13. The molecule has 2 N–H and O–H groups in total. The van der Waals surface area contributed by atoms with Gasteiger partial charge in [0.25, 0.3) is 0 Å². The van der Waals surface area contributed by atoms with E-state index in [1.165, 1.54) is 23.4 Å². The molecule has 0 spiro atoms. The number of hydrogen-bond donors (Lipinski definition) is 2. The van der Waals surface area contributed by atoms with Crippen LogP contribution in [0.4, 0.5) is 0 Å². The number of carbonyl (C=O) groups is 2. The topological polar surface area (TPSA) is 66.4 Å². The summed E-state index contributed by atoms with van der Waals surface area (Å²) in [4.78, 5) is 21.0. The van der Waals surface area contributed by atoms with Crippen LogP contribution in [-0.4, -0.2) is 33.5 Å². The quantitative estimate of drug-likeness (QED) is 0.633. The van der Waals surface area contributed by atoms with E-state index in [1.807, 2.05) is 0 Å². The monoisotopic (exact) mass is 207 g/mol. The van der Waals surface area contributed by atoms with Gasteiger partial charge in [-0.15, -0.1) is 11.8 Å². The van der Waals surface area contributed by atoms with E-state index in [9.17, 15) is 9.59 Å². The Hall–Kier alpha value is -0.620. The van der Waals surface area contributed by atoms with Crippen molar-refractivity contribution in [3.05, 3.63) is 0 Å². The fraction of sp³-hybridized carbons (Fsp3) is 0.500. The molecule has 0 rings (SSSR count). The summed E-state index contributed by atoms with van der Waals surface area (Å²) >= 11 is 5.68. The summed E-state index contributed by atoms with van der Waals surface area (Å²) in [6.45, 7) is 1.28. The number of carbonyl (C=O) groups excluding carboxylic acids is 1. The highest BCUT2D eigenvalue weighted by atomic mass is 32.2. The van der Waals surface area contributed by atoms with Gasteiger partial charge >= 0.3 is 5.97 Å². The molecule has 0 aromatic heterocycles. The van der Waals surface area contributed by atoms with Crippen LogP contribution >= 0.6 is 24.0 Å². The fourth-order valence-corrected chi connectivity index (χ4v) is 1.29. The van der Waals surface area contributed by atoms with Gasteiger partial charge in [-0.25, -0.2) is 4.79 Å². The maximum atomic E-state index is 10.5. The van der Waals surface area contributed by atoms with Gasteiger partial charge in [0.1, 0.15) is 6.04 Å². The van der Waals surface area contributed by atoms with Crippen LogP contribution in [0.25, 0.3) is 0 Å². The third kappa shape index (κ3) is 5.09. The molecule has 0 heterocycles. The Morgan fingerprint density at radius 3 is 2.67 bits per heavy atom. The summed E-state index contributed by atoms with van der Waals surface area (Å²) in [6, 6.07) is -0.855. The molecule has 0 aliphatic heterocycles. The standard InChI is InChI=1S/C6H9NO3S2/c1-4(8)7-5(6(9)10)2-12-3-11/h3,5H,2H2,1H3,(H,7,8)(H,9,10)/t5-/m0/s1. The maximum absolute atomic E-state index is 10.5. The highest BCUT2D eigenvalue weighted by Crippen LogP contribution is 1.99. The van der Waals surface area contributed by atoms with Gasteiger partial charge in [0, 0.05) is 17.4 Å². The number of rotatable bonds is 5. The van der Waals surface area contributed by atoms with Crippen molar-refractivity contribution in [3.63, 3.8) is 0 Å². The summed E-state index contributed by atoms with van der Waals surface area (Å²) in [7, 11) is 0. The van der Waals surface area contributed by atoms with Gasteiger partial charge in [0.05, 0.1) is 0 Å². The second-order valence-corrected chi connectivity index (χ2v) is 3.46. The Balaban J connectivity index is 3.94. The fourth-order valence-electron chi connectivity index (χ4n) is 0.556. The lowest BCUT2D eigenvalue weighted by Crippen LogP contribution is -2.41. The Kier molecular flexibility index (Phi) is 5.65. The molecule has 12 heavy (non-hydrogen) atoms. The van der Waals surface area contributed by atoms with E-state index in [0.717, 1.165) is 0 Å². The third-order valence-electron chi connectivity index (χ3n) is 1.01. The maximum Gasteiger partial charge on any atom is 0.327 e. The molecule has 0 aromatic carbocycles. The third-order valence-corrected chi connectivity index (χ3v) is 2.08. The predicted octanol–water partition coefficient (Wildman–Crippen LogP) is 0.266. The average Bonchev–Trinajstić information content (AvgIpc) is 1.96. The molecule has 0 bridgehead atoms. The molecule has 0 saturated carbocycles. The number of carboxylic acid groups (broad SMARTS) is 1. The van der Waals surface area contributed by atoms with E-state index in [4.69, 9.17) is 5.11 Å². The Labute approximate surface area is 79.7 Å². The zero-order valence-electron chi connectivity index (χ0n) is 6.44. The molecular formula is C6H9NO3S2. The lowest BCUT2D eigenvalue weighted by Gasteiger charge is -2.10. The zero-order chi connectivity index (χ0) is 9.56. The first-order valence-corrected chi connectivity index (χ1v) is 4.65. The Bertz CT molecular complexity index is 195. The van der Waals surface area contributed by atoms with E-state index in [0.29, 0.717) is 0 Å². The number of carboxylic acids is 1. The number of hydrogen-bond acceptors (Lipinski definition) is 4. The average molecular weight is 207 g/mol. The van der Waals surface area contributed by atoms with Gasteiger partial charge in [0.15, 0.2) is 0 Å². The van der Waals surface area contributed by atoms with Crippen LogP contribution in [0.5, 0.6) is 0 Å². The largest absolute Gasteiger partial charge is 0.480 e. The van der Waals surface area contributed by atoms with Crippen LogP contribution < -0.4 is 5.32 Å². The minimum Gasteiger partial charge on any atom is -0.480 e. The number of thioether (sulfide) groups is 1. The first kappa shape index (κ1) is 11.4. The summed E-state index contributed by atoms with van der Waals surface area (Å²) in [5.41, 5.74) is 0.